The number of halogens is 1. The molecule has 0 aliphatic heterocycles. The van der Waals surface area contributed by atoms with E-state index >= 15 is 0 Å². The van der Waals surface area contributed by atoms with Crippen LogP contribution in [0, 0.1) is 11.8 Å². The van der Waals surface area contributed by atoms with Crippen molar-refractivity contribution in [2.24, 2.45) is 17.6 Å². The van der Waals surface area contributed by atoms with Crippen LogP contribution in [0.2, 0.25) is 0 Å². The van der Waals surface area contributed by atoms with Crippen LogP contribution < -0.4 is 5.73 Å². The van der Waals surface area contributed by atoms with Crippen LogP contribution in [0.15, 0.2) is 0 Å². The molecule has 0 amide bonds. The van der Waals surface area contributed by atoms with Crippen molar-refractivity contribution in [2.75, 3.05) is 0 Å². The summed E-state index contributed by atoms with van der Waals surface area (Å²) in [6.45, 7) is 0. The van der Waals surface area contributed by atoms with Crippen molar-refractivity contribution < 1.29 is 4.39 Å². The molecule has 0 bridgehead atoms. The van der Waals surface area contributed by atoms with Crippen LogP contribution >= 0.6 is 0 Å². The smallest absolute Gasteiger partial charge is 0.115 e. The molecular weight excluding hydrogens is 177 g/mol. The van der Waals surface area contributed by atoms with Gasteiger partial charge in [-0.25, -0.2) is 4.39 Å². The Morgan fingerprint density at radius 2 is 1.36 bits per heavy atom. The van der Waals surface area contributed by atoms with E-state index in [9.17, 15) is 4.39 Å². The molecule has 0 radical (unpaired) electrons. The van der Waals surface area contributed by atoms with Crippen molar-refractivity contribution in [1.29, 1.82) is 0 Å². The standard InChI is InChI=1S/C12H22FN/c13-11-7-5-10(6-8-12(11)14)4-3-9-1-2-9/h9-12H,1-8,14H2. The molecule has 2 aliphatic carbocycles. The van der Waals surface area contributed by atoms with Crippen LogP contribution in [0.25, 0.3) is 0 Å². The van der Waals surface area contributed by atoms with E-state index in [1.54, 1.807) is 0 Å². The minimum absolute atomic E-state index is 0.180. The molecule has 0 spiro atoms. The van der Waals surface area contributed by atoms with Crippen LogP contribution in [0.5, 0.6) is 0 Å². The molecule has 2 fully saturated rings. The van der Waals surface area contributed by atoms with Gasteiger partial charge in [-0.3, -0.25) is 0 Å². The molecule has 2 heteroatoms. The molecule has 0 heterocycles. The van der Waals surface area contributed by atoms with E-state index in [0.717, 1.165) is 31.1 Å². The largest absolute Gasteiger partial charge is 0.325 e. The Labute approximate surface area is 86.2 Å². The zero-order valence-corrected chi connectivity index (χ0v) is 8.92. The Kier molecular flexibility index (Phi) is 3.42. The summed E-state index contributed by atoms with van der Waals surface area (Å²) in [4.78, 5) is 0. The van der Waals surface area contributed by atoms with Gasteiger partial charge in [-0.2, -0.15) is 0 Å². The van der Waals surface area contributed by atoms with E-state index in [1.165, 1.54) is 25.7 Å². The van der Waals surface area contributed by atoms with E-state index in [-0.39, 0.29) is 6.04 Å². The third-order valence-electron chi connectivity index (χ3n) is 3.90. The summed E-state index contributed by atoms with van der Waals surface area (Å²) in [5, 5.41) is 0. The fraction of sp³-hybridized carbons (Fsp3) is 1.00. The second kappa shape index (κ2) is 4.61. The van der Waals surface area contributed by atoms with Gasteiger partial charge in [0, 0.05) is 6.04 Å². The first kappa shape index (κ1) is 10.4. The highest BCUT2D eigenvalue weighted by Crippen LogP contribution is 2.37. The first-order valence-electron chi connectivity index (χ1n) is 6.15. The van der Waals surface area contributed by atoms with Gasteiger partial charge in [-0.15, -0.1) is 0 Å². The molecule has 2 aliphatic rings. The van der Waals surface area contributed by atoms with Gasteiger partial charge in [-0.05, 0) is 37.5 Å². The van der Waals surface area contributed by atoms with Gasteiger partial charge in [0.15, 0.2) is 0 Å². The van der Waals surface area contributed by atoms with Crippen molar-refractivity contribution in [3.63, 3.8) is 0 Å². The normalized spacial score (nSPS) is 39.4. The van der Waals surface area contributed by atoms with Crippen LogP contribution in [-0.4, -0.2) is 12.2 Å². The summed E-state index contributed by atoms with van der Waals surface area (Å²) in [5.41, 5.74) is 5.73. The number of rotatable bonds is 3. The predicted octanol–water partition coefficient (Wildman–Crippen LogP) is 3.03. The van der Waals surface area contributed by atoms with Gasteiger partial charge in [-0.1, -0.05) is 25.7 Å². The minimum atomic E-state index is -0.735. The first-order valence-corrected chi connectivity index (χ1v) is 6.15. The van der Waals surface area contributed by atoms with Gasteiger partial charge >= 0.3 is 0 Å². The highest BCUT2D eigenvalue weighted by atomic mass is 19.1. The van der Waals surface area contributed by atoms with Crippen molar-refractivity contribution in [3.8, 4) is 0 Å². The second-order valence-corrected chi connectivity index (χ2v) is 5.22. The Morgan fingerprint density at radius 3 is 1.93 bits per heavy atom. The highest BCUT2D eigenvalue weighted by Gasteiger charge is 2.26. The molecule has 14 heavy (non-hydrogen) atoms. The molecule has 3 unspecified atom stereocenters. The summed E-state index contributed by atoms with van der Waals surface area (Å²) in [6.07, 6.45) is 8.70. The van der Waals surface area contributed by atoms with Gasteiger partial charge in [0.1, 0.15) is 6.17 Å². The van der Waals surface area contributed by atoms with Crippen molar-refractivity contribution in [2.45, 2.75) is 63.6 Å². The second-order valence-electron chi connectivity index (χ2n) is 5.22. The van der Waals surface area contributed by atoms with E-state index in [0.29, 0.717) is 6.42 Å². The van der Waals surface area contributed by atoms with Crippen molar-refractivity contribution in [3.05, 3.63) is 0 Å². The molecule has 1 nitrogen and oxygen atoms in total. The average Bonchev–Trinajstić information content (AvgIpc) is 2.98. The minimum Gasteiger partial charge on any atom is -0.325 e. The highest BCUT2D eigenvalue weighted by molar-refractivity contribution is 4.81. The number of alkyl halides is 1. The zero-order chi connectivity index (χ0) is 9.97. The summed E-state index contributed by atoms with van der Waals surface area (Å²) in [7, 11) is 0. The molecule has 0 aromatic heterocycles. The lowest BCUT2D eigenvalue weighted by molar-refractivity contribution is 0.265. The predicted molar refractivity (Wildman–Crippen MR) is 56.8 cm³/mol. The van der Waals surface area contributed by atoms with Gasteiger partial charge < -0.3 is 5.73 Å². The molecule has 2 rings (SSSR count). The fourth-order valence-electron chi connectivity index (χ4n) is 2.53. The van der Waals surface area contributed by atoms with E-state index in [1.807, 2.05) is 0 Å². The van der Waals surface area contributed by atoms with Crippen molar-refractivity contribution in [1.82, 2.24) is 0 Å². The maximum Gasteiger partial charge on any atom is 0.115 e. The number of nitrogens with two attached hydrogens (primary N) is 1. The lowest BCUT2D eigenvalue weighted by Gasteiger charge is -2.12. The lowest BCUT2D eigenvalue weighted by Crippen LogP contribution is -2.29. The monoisotopic (exact) mass is 199 g/mol. The van der Waals surface area contributed by atoms with Crippen LogP contribution in [-0.2, 0) is 0 Å². The van der Waals surface area contributed by atoms with Gasteiger partial charge in [0.2, 0.25) is 0 Å². The third-order valence-corrected chi connectivity index (χ3v) is 3.90. The Hall–Kier alpha value is -0.110. The zero-order valence-electron chi connectivity index (χ0n) is 8.92. The van der Waals surface area contributed by atoms with E-state index in [2.05, 4.69) is 0 Å². The van der Waals surface area contributed by atoms with Crippen molar-refractivity contribution >= 4 is 0 Å². The quantitative estimate of drug-likeness (QED) is 0.695. The van der Waals surface area contributed by atoms with Crippen LogP contribution in [0.4, 0.5) is 4.39 Å². The summed E-state index contributed by atoms with van der Waals surface area (Å²) < 4.78 is 13.3. The maximum absolute atomic E-state index is 13.3. The molecule has 0 aromatic carbocycles. The molecular formula is C12H22FN. The number of hydrogen-bond acceptors (Lipinski definition) is 1. The van der Waals surface area contributed by atoms with Crippen LogP contribution in [0.1, 0.15) is 51.4 Å². The lowest BCUT2D eigenvalue weighted by atomic mass is 9.94. The molecule has 0 aromatic rings. The Bertz CT molecular complexity index is 164. The third kappa shape index (κ3) is 2.94. The van der Waals surface area contributed by atoms with Gasteiger partial charge in [0.05, 0.1) is 0 Å². The molecule has 0 saturated heterocycles. The fourth-order valence-corrected chi connectivity index (χ4v) is 2.53. The van der Waals surface area contributed by atoms with Crippen LogP contribution in [0.3, 0.4) is 0 Å². The Balaban J connectivity index is 1.70. The molecule has 2 N–H and O–H groups in total. The Morgan fingerprint density at radius 1 is 0.857 bits per heavy atom. The summed E-state index contributed by atoms with van der Waals surface area (Å²) >= 11 is 0. The molecule has 82 valence electrons. The van der Waals surface area contributed by atoms with E-state index in [4.69, 9.17) is 5.73 Å². The molecule has 3 atom stereocenters. The topological polar surface area (TPSA) is 26.0 Å². The average molecular weight is 199 g/mol. The van der Waals surface area contributed by atoms with E-state index < -0.39 is 6.17 Å². The first-order chi connectivity index (χ1) is 6.75. The maximum atomic E-state index is 13.3. The number of hydrogen-bond donors (Lipinski definition) is 1. The summed E-state index contributed by atoms with van der Waals surface area (Å²) in [6, 6.07) is -0.180. The molecule has 2 saturated carbocycles. The summed E-state index contributed by atoms with van der Waals surface area (Å²) in [5.74, 6) is 1.79. The van der Waals surface area contributed by atoms with Gasteiger partial charge in [0.25, 0.3) is 0 Å². The SMILES string of the molecule is NC1CCC(CCC2CC2)CCC1F.